The van der Waals surface area contributed by atoms with Gasteiger partial charge in [0.15, 0.2) is 11.6 Å². The molecule has 2 aromatic carbocycles. The molecule has 0 N–H and O–H groups in total. The van der Waals surface area contributed by atoms with Gasteiger partial charge in [-0.05, 0) is 31.0 Å². The summed E-state index contributed by atoms with van der Waals surface area (Å²) in [6, 6.07) is 10.1. The lowest BCUT2D eigenvalue weighted by molar-refractivity contribution is 0.510. The van der Waals surface area contributed by atoms with Crippen molar-refractivity contribution in [1.82, 2.24) is 0 Å². The largest absolute Gasteiger partial charge is 0.204 e. The summed E-state index contributed by atoms with van der Waals surface area (Å²) in [5, 5.41) is 0. The highest BCUT2D eigenvalue weighted by molar-refractivity contribution is 5.68. The lowest BCUT2D eigenvalue weighted by Gasteiger charge is -2.08. The normalized spacial score (nSPS) is 10.5. The number of benzene rings is 2. The van der Waals surface area contributed by atoms with E-state index in [9.17, 15) is 8.78 Å². The van der Waals surface area contributed by atoms with Crippen LogP contribution in [0, 0.1) is 25.5 Å². The SMILES string of the molecule is Cc1ccc(-c2c(C)ccc(F)c2F)cc1. The Morgan fingerprint density at radius 3 is 2.06 bits per heavy atom. The van der Waals surface area contributed by atoms with Crippen LogP contribution in [0.1, 0.15) is 11.1 Å². The zero-order valence-electron chi connectivity index (χ0n) is 9.22. The van der Waals surface area contributed by atoms with Gasteiger partial charge in [0.25, 0.3) is 0 Å². The van der Waals surface area contributed by atoms with Gasteiger partial charge in [0.05, 0.1) is 0 Å². The molecule has 0 aliphatic carbocycles. The second kappa shape index (κ2) is 4.05. The molecule has 2 heteroatoms. The number of aryl methyl sites for hydroxylation is 2. The van der Waals surface area contributed by atoms with Crippen molar-refractivity contribution in [2.24, 2.45) is 0 Å². The molecule has 2 aromatic rings. The summed E-state index contributed by atoms with van der Waals surface area (Å²) < 4.78 is 26.8. The van der Waals surface area contributed by atoms with E-state index in [2.05, 4.69) is 0 Å². The lowest BCUT2D eigenvalue weighted by Crippen LogP contribution is -1.93. The van der Waals surface area contributed by atoms with E-state index in [0.717, 1.165) is 17.2 Å². The van der Waals surface area contributed by atoms with Gasteiger partial charge in [0.1, 0.15) is 0 Å². The van der Waals surface area contributed by atoms with E-state index in [4.69, 9.17) is 0 Å². The molecule has 2 rings (SSSR count). The standard InChI is InChI=1S/C14H12F2/c1-9-3-6-11(7-4-9)13-10(2)5-8-12(15)14(13)16/h3-8H,1-2H3. The minimum atomic E-state index is -0.804. The minimum Gasteiger partial charge on any atom is -0.204 e. The quantitative estimate of drug-likeness (QED) is 0.671. The van der Waals surface area contributed by atoms with Gasteiger partial charge in [-0.25, -0.2) is 8.78 Å². The highest BCUT2D eigenvalue weighted by Crippen LogP contribution is 2.28. The van der Waals surface area contributed by atoms with Gasteiger partial charge in [-0.2, -0.15) is 0 Å². The predicted octanol–water partition coefficient (Wildman–Crippen LogP) is 4.25. The van der Waals surface area contributed by atoms with Crippen LogP contribution in [0.25, 0.3) is 11.1 Å². The van der Waals surface area contributed by atoms with Crippen LogP contribution in [0.4, 0.5) is 8.78 Å². The Kier molecular flexibility index (Phi) is 2.73. The van der Waals surface area contributed by atoms with Crippen molar-refractivity contribution in [1.29, 1.82) is 0 Å². The zero-order chi connectivity index (χ0) is 11.7. The van der Waals surface area contributed by atoms with E-state index in [0.29, 0.717) is 11.1 Å². The van der Waals surface area contributed by atoms with Crippen molar-refractivity contribution in [2.75, 3.05) is 0 Å². The summed E-state index contributed by atoms with van der Waals surface area (Å²) in [4.78, 5) is 0. The summed E-state index contributed by atoms with van der Waals surface area (Å²) in [6.45, 7) is 3.73. The van der Waals surface area contributed by atoms with Gasteiger partial charge < -0.3 is 0 Å². The van der Waals surface area contributed by atoms with Gasteiger partial charge in [0.2, 0.25) is 0 Å². The maximum absolute atomic E-state index is 13.7. The fraction of sp³-hybridized carbons (Fsp3) is 0.143. The Morgan fingerprint density at radius 2 is 1.44 bits per heavy atom. The van der Waals surface area contributed by atoms with Gasteiger partial charge in [-0.15, -0.1) is 0 Å². The van der Waals surface area contributed by atoms with E-state index in [1.165, 1.54) is 0 Å². The fourth-order valence-electron chi connectivity index (χ4n) is 1.72. The molecule has 0 aromatic heterocycles. The molecule has 0 bridgehead atoms. The molecule has 0 fully saturated rings. The molecule has 82 valence electrons. The molecule has 16 heavy (non-hydrogen) atoms. The van der Waals surface area contributed by atoms with Crippen molar-refractivity contribution < 1.29 is 8.78 Å². The molecule has 0 atom stereocenters. The third-order valence-electron chi connectivity index (χ3n) is 2.64. The maximum Gasteiger partial charge on any atom is 0.166 e. The Bertz CT molecular complexity index is 513. The van der Waals surface area contributed by atoms with Crippen molar-refractivity contribution in [2.45, 2.75) is 13.8 Å². The molecule has 0 aliphatic rings. The summed E-state index contributed by atoms with van der Waals surface area (Å²) in [6.07, 6.45) is 0. The molecular weight excluding hydrogens is 206 g/mol. The van der Waals surface area contributed by atoms with E-state index < -0.39 is 11.6 Å². The first-order valence-electron chi connectivity index (χ1n) is 5.11. The minimum absolute atomic E-state index is 0.347. The van der Waals surface area contributed by atoms with Crippen LogP contribution in [-0.4, -0.2) is 0 Å². The highest BCUT2D eigenvalue weighted by atomic mass is 19.2. The third-order valence-corrected chi connectivity index (χ3v) is 2.64. The van der Waals surface area contributed by atoms with Gasteiger partial charge >= 0.3 is 0 Å². The van der Waals surface area contributed by atoms with Gasteiger partial charge in [-0.1, -0.05) is 35.9 Å². The molecular formula is C14H12F2. The molecule has 0 nitrogen and oxygen atoms in total. The van der Waals surface area contributed by atoms with Gasteiger partial charge in [0, 0.05) is 5.56 Å². The van der Waals surface area contributed by atoms with Gasteiger partial charge in [-0.3, -0.25) is 0 Å². The Balaban J connectivity index is 2.63. The van der Waals surface area contributed by atoms with Crippen molar-refractivity contribution in [3.63, 3.8) is 0 Å². The topological polar surface area (TPSA) is 0 Å². The Morgan fingerprint density at radius 1 is 0.812 bits per heavy atom. The van der Waals surface area contributed by atoms with E-state index >= 15 is 0 Å². The van der Waals surface area contributed by atoms with Crippen LogP contribution in [0.5, 0.6) is 0 Å². The maximum atomic E-state index is 13.7. The average Bonchev–Trinajstić information content (AvgIpc) is 2.27. The molecule has 0 saturated heterocycles. The number of hydrogen-bond acceptors (Lipinski definition) is 0. The second-order valence-electron chi connectivity index (χ2n) is 3.92. The van der Waals surface area contributed by atoms with Crippen LogP contribution in [0.15, 0.2) is 36.4 Å². The highest BCUT2D eigenvalue weighted by Gasteiger charge is 2.12. The van der Waals surface area contributed by atoms with E-state index in [1.54, 1.807) is 25.1 Å². The van der Waals surface area contributed by atoms with Crippen LogP contribution in [-0.2, 0) is 0 Å². The van der Waals surface area contributed by atoms with E-state index in [-0.39, 0.29) is 0 Å². The van der Waals surface area contributed by atoms with Crippen LogP contribution < -0.4 is 0 Å². The van der Waals surface area contributed by atoms with Crippen molar-refractivity contribution in [3.8, 4) is 11.1 Å². The molecule has 0 aliphatic heterocycles. The molecule has 0 unspecified atom stereocenters. The number of hydrogen-bond donors (Lipinski definition) is 0. The molecule has 0 heterocycles. The first-order valence-corrected chi connectivity index (χ1v) is 5.11. The van der Waals surface area contributed by atoms with Crippen LogP contribution in [0.2, 0.25) is 0 Å². The van der Waals surface area contributed by atoms with Crippen LogP contribution >= 0.6 is 0 Å². The summed E-state index contributed by atoms with van der Waals surface area (Å²) >= 11 is 0. The second-order valence-corrected chi connectivity index (χ2v) is 3.92. The number of rotatable bonds is 1. The number of halogens is 2. The third kappa shape index (κ3) is 1.83. The van der Waals surface area contributed by atoms with E-state index in [1.807, 2.05) is 19.1 Å². The fourth-order valence-corrected chi connectivity index (χ4v) is 1.72. The molecule has 0 radical (unpaired) electrons. The van der Waals surface area contributed by atoms with Crippen molar-refractivity contribution >= 4 is 0 Å². The molecule has 0 amide bonds. The summed E-state index contributed by atoms with van der Waals surface area (Å²) in [7, 11) is 0. The van der Waals surface area contributed by atoms with Crippen molar-refractivity contribution in [3.05, 3.63) is 59.2 Å². The summed E-state index contributed by atoms with van der Waals surface area (Å²) in [5.74, 6) is -1.58. The smallest absolute Gasteiger partial charge is 0.166 e. The first-order chi connectivity index (χ1) is 7.59. The lowest BCUT2D eigenvalue weighted by atomic mass is 9.99. The van der Waals surface area contributed by atoms with Crippen LogP contribution in [0.3, 0.4) is 0 Å². The predicted molar refractivity (Wildman–Crippen MR) is 61.3 cm³/mol. The average molecular weight is 218 g/mol. The zero-order valence-corrected chi connectivity index (χ0v) is 9.22. The summed E-state index contributed by atoms with van der Waals surface area (Å²) in [5.41, 5.74) is 2.89. The first kappa shape index (κ1) is 10.8. The monoisotopic (exact) mass is 218 g/mol. The molecule has 0 saturated carbocycles. The Hall–Kier alpha value is -1.70. The Labute approximate surface area is 93.5 Å². The molecule has 0 spiro atoms.